The van der Waals surface area contributed by atoms with Gasteiger partial charge < -0.3 is 62.7 Å². The van der Waals surface area contributed by atoms with Crippen LogP contribution in [0.15, 0.2) is 72.8 Å². The fraction of sp³-hybridized carbons (Fsp3) is 0.524. The van der Waals surface area contributed by atoms with E-state index in [4.69, 9.17) is 52.1 Å². The Morgan fingerprint density at radius 3 is 1.93 bits per heavy atom. The van der Waals surface area contributed by atoms with Crippen molar-refractivity contribution in [1.82, 2.24) is 25.8 Å². The highest BCUT2D eigenvalue weighted by Gasteiger charge is 2.46. The summed E-state index contributed by atoms with van der Waals surface area (Å²) < 4.78 is 64.0. The van der Waals surface area contributed by atoms with E-state index < -0.39 is 42.2 Å². The van der Waals surface area contributed by atoms with Crippen molar-refractivity contribution in [1.29, 1.82) is 0 Å². The van der Waals surface area contributed by atoms with Crippen molar-refractivity contribution in [3.8, 4) is 40.2 Å². The molecular formula is C63H83N5O17. The first-order valence-corrected chi connectivity index (χ1v) is 29.2. The molecule has 3 aliphatic rings. The molecule has 462 valence electrons. The van der Waals surface area contributed by atoms with Crippen LogP contribution in [-0.4, -0.2) is 179 Å². The number of carbonyl (C=O) groups is 6. The molecule has 7 rings (SSSR count). The van der Waals surface area contributed by atoms with Gasteiger partial charge in [-0.3, -0.25) is 43.9 Å². The van der Waals surface area contributed by atoms with Crippen LogP contribution in [0.5, 0.6) is 40.2 Å². The van der Waals surface area contributed by atoms with E-state index in [1.165, 1.54) is 18.2 Å². The molecule has 0 aliphatic carbocycles. The van der Waals surface area contributed by atoms with Crippen LogP contribution in [-0.2, 0) is 44.5 Å². The zero-order chi connectivity index (χ0) is 60.5. The summed E-state index contributed by atoms with van der Waals surface area (Å²) in [5, 5.41) is 7.83. The van der Waals surface area contributed by atoms with E-state index in [1.807, 2.05) is 42.5 Å². The number of fused-ring (bicyclic) bond motifs is 1. The van der Waals surface area contributed by atoms with Crippen LogP contribution in [0.3, 0.4) is 0 Å². The van der Waals surface area contributed by atoms with E-state index in [9.17, 15) is 28.8 Å². The first-order chi connectivity index (χ1) is 41.4. The van der Waals surface area contributed by atoms with Crippen LogP contribution >= 0.6 is 0 Å². The molecule has 2 fully saturated rings. The number of nitrogens with zero attached hydrogens (tertiary/aromatic N) is 2. The second kappa shape index (κ2) is 33.9. The van der Waals surface area contributed by atoms with E-state index in [2.05, 4.69) is 39.9 Å². The second-order valence-corrected chi connectivity index (χ2v) is 20.7. The molecule has 0 bridgehead atoms. The third-order valence-electron chi connectivity index (χ3n) is 15.2. The predicted octanol–water partition coefficient (Wildman–Crippen LogP) is 6.39. The summed E-state index contributed by atoms with van der Waals surface area (Å²) in [5.74, 6) is 0.779. The summed E-state index contributed by atoms with van der Waals surface area (Å²) in [4.78, 5) is 79.4. The minimum atomic E-state index is -1.11. The van der Waals surface area contributed by atoms with Gasteiger partial charge in [0.15, 0.2) is 36.2 Å². The lowest BCUT2D eigenvalue weighted by Gasteiger charge is -2.38. The maximum atomic E-state index is 13.3. The van der Waals surface area contributed by atoms with Gasteiger partial charge in [0, 0.05) is 50.9 Å². The average Bonchev–Trinajstić information content (AvgIpc) is 1.84. The molecule has 0 saturated carbocycles. The lowest BCUT2D eigenvalue weighted by molar-refractivity contribution is -0.136. The summed E-state index contributed by atoms with van der Waals surface area (Å²) in [6.45, 7) is 6.94. The molecule has 4 aromatic carbocycles. The fourth-order valence-electron chi connectivity index (χ4n) is 10.7. The van der Waals surface area contributed by atoms with E-state index in [1.54, 1.807) is 35.5 Å². The molecule has 85 heavy (non-hydrogen) atoms. The first-order valence-electron chi connectivity index (χ1n) is 29.2. The monoisotopic (exact) mass is 1180 g/mol. The lowest BCUT2D eigenvalue weighted by Crippen LogP contribution is -2.54. The molecule has 22 nitrogen and oxygen atoms in total. The summed E-state index contributed by atoms with van der Waals surface area (Å²) >= 11 is 0. The number of ether oxygens (including phenoxy) is 11. The van der Waals surface area contributed by atoms with Gasteiger partial charge in [0.2, 0.25) is 17.6 Å². The van der Waals surface area contributed by atoms with Crippen LogP contribution in [0, 0.1) is 0 Å². The number of benzene rings is 4. The van der Waals surface area contributed by atoms with Gasteiger partial charge in [-0.25, -0.2) is 0 Å². The van der Waals surface area contributed by atoms with Crippen molar-refractivity contribution in [2.75, 3.05) is 121 Å². The number of hydrogen-bond donors (Lipinski definition) is 3. The minimum absolute atomic E-state index is 0.00214. The van der Waals surface area contributed by atoms with Crippen molar-refractivity contribution in [3.05, 3.63) is 101 Å². The van der Waals surface area contributed by atoms with Gasteiger partial charge >= 0.3 is 0 Å². The van der Waals surface area contributed by atoms with Crippen LogP contribution in [0.4, 0.5) is 0 Å². The number of methoxy groups -OCH3 is 5. The summed E-state index contributed by atoms with van der Waals surface area (Å²) in [7, 11) is 8.15. The molecule has 4 aromatic rings. The van der Waals surface area contributed by atoms with Gasteiger partial charge in [-0.1, -0.05) is 43.7 Å². The highest BCUT2D eigenvalue weighted by molar-refractivity contribution is 6.24. The normalized spacial score (nSPS) is 16.7. The Morgan fingerprint density at radius 2 is 1.29 bits per heavy atom. The first kappa shape index (κ1) is 65.1. The van der Waals surface area contributed by atoms with Crippen molar-refractivity contribution in [2.45, 2.75) is 95.2 Å². The SMILES string of the molecule is CC[C@H](CN1CCCC[C@H]1CO[C@H](CCc1ccc(OC)c(OC)c1)c1ccccc1OCC(=O)NCCCOCCOCCOCCCNC(=O)COc1cccc2c1C(=O)N(C1CCC(=O)NC1=O)C2=O)c1cc(OC)c(OC)c(OC)c1. The highest BCUT2D eigenvalue weighted by Crippen LogP contribution is 2.42. The van der Waals surface area contributed by atoms with Crippen molar-refractivity contribution in [2.24, 2.45) is 0 Å². The largest absolute Gasteiger partial charge is 0.493 e. The van der Waals surface area contributed by atoms with Gasteiger partial charge in [-0.2, -0.15) is 0 Å². The zero-order valence-electron chi connectivity index (χ0n) is 49.8. The molecule has 22 heteroatoms. The molecule has 0 aromatic heterocycles. The lowest BCUT2D eigenvalue weighted by atomic mass is 9.92. The molecule has 3 N–H and O–H groups in total. The van der Waals surface area contributed by atoms with Crippen molar-refractivity contribution in [3.63, 3.8) is 0 Å². The Kier molecular flexibility index (Phi) is 25.9. The Labute approximate surface area is 497 Å². The van der Waals surface area contributed by atoms with Crippen LogP contribution in [0.25, 0.3) is 0 Å². The number of nitrogens with one attached hydrogen (secondary N) is 3. The molecule has 3 heterocycles. The molecule has 0 radical (unpaired) electrons. The Bertz CT molecular complexity index is 2840. The molecule has 3 aliphatic heterocycles. The van der Waals surface area contributed by atoms with Crippen LogP contribution in [0.2, 0.25) is 0 Å². The molecule has 4 atom stereocenters. The standard InChI is InChI=1S/C63H83N5O17/c1-7-43(44-36-54(77-4)60(79-6)55(37-44)78-5)38-67-28-11-10-15-45(67)39-83-50(23-20-42-21-24-51(75-2)53(35-42)76-3)46-16-8-9-18-49(46)84-40-57(70)64-26-13-29-80-31-33-82-34-32-81-30-14-27-65-58(71)41-85-52-19-12-17-47-59(52)63(74)68(62(47)73)48-22-25-56(69)66-61(48)72/h8-9,12,16-19,21,24,35-37,43,45,48,50H,7,10-11,13-15,20,22-23,25-34,38-41H2,1-6H3,(H,64,70)(H,65,71)(H,66,69,72)/t43-,45+,48?,50-/m1/s1. The minimum Gasteiger partial charge on any atom is -0.493 e. The summed E-state index contributed by atoms with van der Waals surface area (Å²) in [5.41, 5.74) is 3.10. The topological polar surface area (TPSA) is 247 Å². The maximum absolute atomic E-state index is 13.3. The van der Waals surface area contributed by atoms with E-state index in [0.29, 0.717) is 120 Å². The number of imide groups is 2. The number of para-hydroxylation sites is 1. The fourth-order valence-corrected chi connectivity index (χ4v) is 10.7. The number of carbonyl (C=O) groups excluding carboxylic acids is 6. The Balaban J connectivity index is 0.781. The highest BCUT2D eigenvalue weighted by atomic mass is 16.5. The number of hydrogen-bond acceptors (Lipinski definition) is 18. The summed E-state index contributed by atoms with van der Waals surface area (Å²) in [6.07, 6.45) is 6.31. The van der Waals surface area contributed by atoms with Crippen molar-refractivity contribution >= 4 is 35.4 Å². The predicted molar refractivity (Wildman–Crippen MR) is 313 cm³/mol. The van der Waals surface area contributed by atoms with E-state index >= 15 is 0 Å². The van der Waals surface area contributed by atoms with Gasteiger partial charge in [0.1, 0.15) is 17.5 Å². The molecule has 6 amide bonds. The third-order valence-corrected chi connectivity index (χ3v) is 15.2. The molecule has 0 spiro atoms. The molecular weight excluding hydrogens is 1100 g/mol. The number of aryl methyl sites for hydroxylation is 1. The third kappa shape index (κ3) is 18.3. The number of amides is 6. The van der Waals surface area contributed by atoms with Gasteiger partial charge in [0.25, 0.3) is 23.6 Å². The second-order valence-electron chi connectivity index (χ2n) is 20.7. The quantitative estimate of drug-likeness (QED) is 0.0327. The average molecular weight is 1180 g/mol. The van der Waals surface area contributed by atoms with Gasteiger partial charge in [-0.05, 0) is 117 Å². The van der Waals surface area contributed by atoms with Gasteiger partial charge in [-0.15, -0.1) is 0 Å². The molecule has 2 saturated heterocycles. The smallest absolute Gasteiger partial charge is 0.266 e. The van der Waals surface area contributed by atoms with Crippen LogP contribution < -0.4 is 49.1 Å². The van der Waals surface area contributed by atoms with E-state index in [-0.39, 0.29) is 60.3 Å². The number of likely N-dealkylation sites (tertiary alicyclic amines) is 1. The van der Waals surface area contributed by atoms with E-state index in [0.717, 1.165) is 60.4 Å². The Morgan fingerprint density at radius 1 is 0.659 bits per heavy atom. The van der Waals surface area contributed by atoms with Crippen LogP contribution in [0.1, 0.15) is 114 Å². The maximum Gasteiger partial charge on any atom is 0.266 e. The Hall–Kier alpha value is -7.50. The van der Waals surface area contributed by atoms with Crippen molar-refractivity contribution < 1.29 is 80.9 Å². The number of rotatable bonds is 37. The number of piperidine rings is 2. The zero-order valence-corrected chi connectivity index (χ0v) is 49.8. The summed E-state index contributed by atoms with van der Waals surface area (Å²) in [6, 6.07) is 21.4. The molecule has 1 unspecified atom stereocenters. The van der Waals surface area contributed by atoms with Gasteiger partial charge in [0.05, 0.1) is 85.8 Å².